The van der Waals surface area contributed by atoms with E-state index < -0.39 is 10.0 Å². The maximum atomic E-state index is 12.7. The summed E-state index contributed by atoms with van der Waals surface area (Å²) in [4.78, 5) is 18.9. The molecule has 2 aliphatic rings. The monoisotopic (exact) mass is 417 g/mol. The lowest BCUT2D eigenvalue weighted by Gasteiger charge is -2.16. The lowest BCUT2D eigenvalue weighted by Crippen LogP contribution is -2.29. The van der Waals surface area contributed by atoms with Gasteiger partial charge in [-0.25, -0.2) is 8.42 Å². The minimum absolute atomic E-state index is 0.110. The predicted molar refractivity (Wildman–Crippen MR) is 112 cm³/mol. The number of carbonyl (C=O) groups is 1. The maximum absolute atomic E-state index is 12.7. The number of carbonyl (C=O) groups excluding carboxylic acids is 1. The van der Waals surface area contributed by atoms with Crippen molar-refractivity contribution in [2.45, 2.75) is 43.9 Å². The lowest BCUT2D eigenvalue weighted by atomic mass is 9.90. The second kappa shape index (κ2) is 7.67. The Hall–Kier alpha value is -2.19. The van der Waals surface area contributed by atoms with Gasteiger partial charge in [0.2, 0.25) is 0 Å². The van der Waals surface area contributed by atoms with Gasteiger partial charge in [0.15, 0.2) is 0 Å². The molecular weight excluding hydrogens is 394 g/mol. The zero-order chi connectivity index (χ0) is 19.7. The molecule has 0 unspecified atom stereocenters. The number of fused-ring (bicyclic) bond motifs is 1. The molecule has 2 heterocycles. The first-order valence-electron chi connectivity index (χ1n) is 9.50. The fourth-order valence-electron chi connectivity index (χ4n) is 3.59. The fourth-order valence-corrected chi connectivity index (χ4v) is 5.83. The van der Waals surface area contributed by atoms with Crippen LogP contribution in [0.5, 0.6) is 0 Å². The molecule has 0 radical (unpaired) electrons. The second-order valence-corrected chi connectivity index (χ2v) is 10.2. The van der Waals surface area contributed by atoms with Crippen LogP contribution in [-0.4, -0.2) is 26.7 Å². The van der Waals surface area contributed by atoms with Crippen molar-refractivity contribution in [1.29, 1.82) is 0 Å². The molecule has 1 atom stereocenters. The third-order valence-electron chi connectivity index (χ3n) is 5.08. The van der Waals surface area contributed by atoms with Crippen LogP contribution in [0, 0.1) is 5.92 Å². The minimum atomic E-state index is -3.70. The summed E-state index contributed by atoms with van der Waals surface area (Å²) in [5.41, 5.74) is 1.73. The minimum Gasteiger partial charge on any atom is -0.321 e. The first-order chi connectivity index (χ1) is 13.4. The number of sulfonamides is 1. The third kappa shape index (κ3) is 4.12. The molecule has 0 bridgehead atoms. The predicted octanol–water partition coefficient (Wildman–Crippen LogP) is 3.60. The van der Waals surface area contributed by atoms with Gasteiger partial charge in [-0.2, -0.15) is 0 Å². The Balaban J connectivity index is 1.49. The zero-order valence-electron chi connectivity index (χ0n) is 15.7. The van der Waals surface area contributed by atoms with E-state index in [-0.39, 0.29) is 10.8 Å². The first-order valence-corrected chi connectivity index (χ1v) is 11.8. The third-order valence-corrected chi connectivity index (χ3v) is 7.70. The Kier molecular flexibility index (Phi) is 5.25. The Bertz CT molecular complexity index is 1040. The number of hydrogen-bond acceptors (Lipinski definition) is 5. The number of amides is 1. The highest BCUT2D eigenvalue weighted by Crippen LogP contribution is 2.32. The van der Waals surface area contributed by atoms with Crippen molar-refractivity contribution in [3.63, 3.8) is 0 Å². The summed E-state index contributed by atoms with van der Waals surface area (Å²) < 4.78 is 27.6. The van der Waals surface area contributed by atoms with E-state index in [1.807, 2.05) is 6.07 Å². The maximum Gasteiger partial charge on any atom is 0.265 e. The zero-order valence-corrected chi connectivity index (χ0v) is 17.3. The van der Waals surface area contributed by atoms with E-state index in [4.69, 9.17) is 0 Å². The highest BCUT2D eigenvalue weighted by Gasteiger charge is 2.22. The number of aliphatic imine (C=N–C) groups is 1. The van der Waals surface area contributed by atoms with Crippen molar-refractivity contribution in [1.82, 2.24) is 4.72 Å². The molecule has 0 saturated heterocycles. The quantitative estimate of drug-likeness (QED) is 0.797. The van der Waals surface area contributed by atoms with Gasteiger partial charge in [-0.15, -0.1) is 11.3 Å². The Morgan fingerprint density at radius 3 is 2.89 bits per heavy atom. The van der Waals surface area contributed by atoms with Gasteiger partial charge < -0.3 is 5.32 Å². The number of hydrogen-bond donors (Lipinski definition) is 2. The van der Waals surface area contributed by atoms with Gasteiger partial charge in [0, 0.05) is 23.5 Å². The molecule has 28 heavy (non-hydrogen) atoms. The molecule has 0 spiro atoms. The number of amidine groups is 1. The molecule has 8 heteroatoms. The molecule has 0 saturated carbocycles. The standard InChI is InChI=1S/C20H23N3O3S2/c1-13-7-8-17-14(10-13)11-18(27-17)20(24)22-15-4-2-5-16(12-15)28(25,26)23-19-6-3-9-21-19/h2,4-5,11-13H,3,6-10H2,1H3,(H,21,23)(H,22,24)/t13-/m0/s1. The normalized spacial score (nSPS) is 19.0. The summed E-state index contributed by atoms with van der Waals surface area (Å²) in [5, 5.41) is 2.83. The van der Waals surface area contributed by atoms with Crippen LogP contribution in [0.1, 0.15) is 46.3 Å². The molecule has 148 valence electrons. The van der Waals surface area contributed by atoms with Gasteiger partial charge in [-0.05, 0) is 61.4 Å². The Morgan fingerprint density at radius 2 is 2.11 bits per heavy atom. The summed E-state index contributed by atoms with van der Waals surface area (Å²) in [6, 6.07) is 8.29. The van der Waals surface area contributed by atoms with Crippen LogP contribution in [0.4, 0.5) is 5.69 Å². The fraction of sp³-hybridized carbons (Fsp3) is 0.400. The molecule has 1 amide bonds. The van der Waals surface area contributed by atoms with Crippen LogP contribution in [0.15, 0.2) is 40.2 Å². The van der Waals surface area contributed by atoms with Crippen molar-refractivity contribution in [3.05, 3.63) is 45.6 Å². The number of rotatable bonds is 4. The molecule has 1 aliphatic heterocycles. The number of benzene rings is 1. The van der Waals surface area contributed by atoms with Crippen LogP contribution >= 0.6 is 11.3 Å². The van der Waals surface area contributed by atoms with Gasteiger partial charge >= 0.3 is 0 Å². The summed E-state index contributed by atoms with van der Waals surface area (Å²) in [5.74, 6) is 0.944. The molecule has 2 N–H and O–H groups in total. The smallest absolute Gasteiger partial charge is 0.265 e. The molecule has 1 aliphatic carbocycles. The molecule has 4 rings (SSSR count). The topological polar surface area (TPSA) is 87.6 Å². The van der Waals surface area contributed by atoms with E-state index in [0.29, 0.717) is 35.3 Å². The van der Waals surface area contributed by atoms with Crippen LogP contribution in [-0.2, 0) is 22.9 Å². The lowest BCUT2D eigenvalue weighted by molar-refractivity contribution is 0.103. The second-order valence-electron chi connectivity index (χ2n) is 7.43. The van der Waals surface area contributed by atoms with Gasteiger partial charge in [0.1, 0.15) is 5.84 Å². The van der Waals surface area contributed by atoms with Gasteiger partial charge in [0.05, 0.1) is 9.77 Å². The molecule has 0 fully saturated rings. The Labute approximate surface area is 169 Å². The molecule has 6 nitrogen and oxygen atoms in total. The largest absolute Gasteiger partial charge is 0.321 e. The summed E-state index contributed by atoms with van der Waals surface area (Å²) in [7, 11) is -3.70. The number of nitrogens with one attached hydrogen (secondary N) is 2. The van der Waals surface area contributed by atoms with Gasteiger partial charge in [-0.3, -0.25) is 14.5 Å². The molecule has 2 aromatic rings. The van der Waals surface area contributed by atoms with Crippen LogP contribution in [0.3, 0.4) is 0 Å². The van der Waals surface area contributed by atoms with Crippen molar-refractivity contribution in [2.24, 2.45) is 10.9 Å². The van der Waals surface area contributed by atoms with E-state index in [0.717, 1.165) is 25.7 Å². The number of aryl methyl sites for hydroxylation is 1. The van der Waals surface area contributed by atoms with Crippen LogP contribution in [0.25, 0.3) is 0 Å². The van der Waals surface area contributed by atoms with Crippen molar-refractivity contribution < 1.29 is 13.2 Å². The molecular formula is C20H23N3O3S2. The average Bonchev–Trinajstić information content (AvgIpc) is 3.30. The summed E-state index contributed by atoms with van der Waals surface area (Å²) in [6.07, 6.45) is 4.70. The SMILES string of the molecule is C[C@H]1CCc2sc(C(=O)Nc3cccc(S(=O)(=O)NC4=NCCC4)c3)cc2C1. The number of nitrogens with zero attached hydrogens (tertiary/aromatic N) is 1. The van der Waals surface area contributed by atoms with Crippen molar-refractivity contribution in [3.8, 4) is 0 Å². The van der Waals surface area contributed by atoms with Crippen molar-refractivity contribution >= 4 is 38.8 Å². The van der Waals surface area contributed by atoms with Gasteiger partial charge in [0.25, 0.3) is 15.9 Å². The Morgan fingerprint density at radius 1 is 1.25 bits per heavy atom. The molecule has 1 aromatic heterocycles. The van der Waals surface area contributed by atoms with E-state index in [2.05, 4.69) is 22.0 Å². The number of anilines is 1. The first kappa shape index (κ1) is 19.1. The van der Waals surface area contributed by atoms with Crippen LogP contribution in [0.2, 0.25) is 0 Å². The highest BCUT2D eigenvalue weighted by molar-refractivity contribution is 7.90. The van der Waals surface area contributed by atoms with E-state index >= 15 is 0 Å². The summed E-state index contributed by atoms with van der Waals surface area (Å²) >= 11 is 1.54. The van der Waals surface area contributed by atoms with E-state index in [1.165, 1.54) is 33.9 Å². The van der Waals surface area contributed by atoms with E-state index in [9.17, 15) is 13.2 Å². The average molecular weight is 418 g/mol. The highest BCUT2D eigenvalue weighted by atomic mass is 32.2. The van der Waals surface area contributed by atoms with Crippen LogP contribution < -0.4 is 10.0 Å². The van der Waals surface area contributed by atoms with E-state index in [1.54, 1.807) is 12.1 Å². The molecule has 1 aromatic carbocycles. The number of thiophene rings is 1. The van der Waals surface area contributed by atoms with Gasteiger partial charge in [-0.1, -0.05) is 13.0 Å². The summed E-state index contributed by atoms with van der Waals surface area (Å²) in [6.45, 7) is 2.88. The van der Waals surface area contributed by atoms with Crippen molar-refractivity contribution in [2.75, 3.05) is 11.9 Å².